The molecule has 0 bridgehead atoms. The Balaban J connectivity index is 1.75. The Hall–Kier alpha value is -1.80. The zero-order valence-electron chi connectivity index (χ0n) is 14.5. The van der Waals surface area contributed by atoms with Gasteiger partial charge in [0.1, 0.15) is 0 Å². The molecule has 0 saturated heterocycles. The second-order valence-corrected chi connectivity index (χ2v) is 6.70. The first-order chi connectivity index (χ1) is 12.2. The summed E-state index contributed by atoms with van der Waals surface area (Å²) in [5.41, 5.74) is 1.57. The maximum absolute atomic E-state index is 12.8. The van der Waals surface area contributed by atoms with Crippen LogP contribution in [-0.4, -0.2) is 21.4 Å². The molecular weight excluding hydrogens is 385 g/mol. The molecule has 0 fully saturated rings. The van der Waals surface area contributed by atoms with Crippen LogP contribution in [0.2, 0.25) is 5.02 Å². The van der Waals surface area contributed by atoms with Crippen molar-refractivity contribution in [3.8, 4) is 0 Å². The molecule has 1 heterocycles. The summed E-state index contributed by atoms with van der Waals surface area (Å²) in [4.78, 5) is 0. The molecule has 142 valence electrons. The summed E-state index contributed by atoms with van der Waals surface area (Å²) < 4.78 is 39.6. The lowest BCUT2D eigenvalue weighted by Crippen LogP contribution is -2.35. The van der Waals surface area contributed by atoms with Gasteiger partial charge in [-0.15, -0.1) is 0 Å². The summed E-state index contributed by atoms with van der Waals surface area (Å²) in [6, 6.07) is 8.10. The highest BCUT2D eigenvalue weighted by molar-refractivity contribution is 7.80. The quantitative estimate of drug-likeness (QED) is 0.558. The predicted octanol–water partition coefficient (Wildman–Crippen LogP) is 4.23. The molecule has 0 atom stereocenters. The van der Waals surface area contributed by atoms with E-state index >= 15 is 0 Å². The molecule has 0 saturated carbocycles. The fraction of sp³-hybridized carbons (Fsp3) is 0.412. The molecule has 2 aromatic rings. The lowest BCUT2D eigenvalue weighted by atomic mass is 10.1. The van der Waals surface area contributed by atoms with Crippen LogP contribution in [0.3, 0.4) is 0 Å². The highest BCUT2D eigenvalue weighted by atomic mass is 35.5. The van der Waals surface area contributed by atoms with Gasteiger partial charge >= 0.3 is 6.18 Å². The van der Waals surface area contributed by atoms with Crippen molar-refractivity contribution in [3.63, 3.8) is 0 Å². The van der Waals surface area contributed by atoms with Crippen LogP contribution in [0.25, 0.3) is 0 Å². The van der Waals surface area contributed by atoms with Gasteiger partial charge in [0.25, 0.3) is 0 Å². The molecule has 0 amide bonds. The van der Waals surface area contributed by atoms with Gasteiger partial charge in [-0.05, 0) is 38.0 Å². The minimum Gasteiger partial charge on any atom is -0.363 e. The normalized spacial score (nSPS) is 11.5. The fourth-order valence-electron chi connectivity index (χ4n) is 2.30. The first-order valence-electron chi connectivity index (χ1n) is 8.06. The molecule has 9 heteroatoms. The van der Waals surface area contributed by atoms with Gasteiger partial charge in [-0.1, -0.05) is 41.4 Å². The zero-order chi connectivity index (χ0) is 19.3. The van der Waals surface area contributed by atoms with Gasteiger partial charge in [0.15, 0.2) is 10.8 Å². The summed E-state index contributed by atoms with van der Waals surface area (Å²) >= 11 is 10.9. The number of thiocarbonyl (C=S) groups is 1. The number of aryl methyl sites for hydroxylation is 2. The average molecular weight is 405 g/mol. The van der Waals surface area contributed by atoms with Gasteiger partial charge in [0, 0.05) is 19.6 Å². The molecule has 26 heavy (non-hydrogen) atoms. The SMILES string of the molecule is Cc1ccc(CNC(=S)NCCCn2nc(C(F)(F)F)c(Cl)c2C)cc1. The van der Waals surface area contributed by atoms with Crippen molar-refractivity contribution in [3.05, 3.63) is 51.8 Å². The van der Waals surface area contributed by atoms with Gasteiger partial charge in [-0.3, -0.25) is 4.68 Å². The number of nitrogens with zero attached hydrogens (tertiary/aromatic N) is 2. The van der Waals surface area contributed by atoms with E-state index in [0.29, 0.717) is 36.9 Å². The van der Waals surface area contributed by atoms with Gasteiger partial charge in [-0.25, -0.2) is 0 Å². The first-order valence-corrected chi connectivity index (χ1v) is 8.84. The van der Waals surface area contributed by atoms with E-state index in [9.17, 15) is 13.2 Å². The Morgan fingerprint density at radius 3 is 2.42 bits per heavy atom. The third-order valence-electron chi connectivity index (χ3n) is 3.81. The van der Waals surface area contributed by atoms with Crippen molar-refractivity contribution in [2.45, 2.75) is 39.5 Å². The molecule has 1 aromatic carbocycles. The maximum Gasteiger partial charge on any atom is 0.436 e. The van der Waals surface area contributed by atoms with E-state index in [0.717, 1.165) is 5.56 Å². The summed E-state index contributed by atoms with van der Waals surface area (Å²) in [5, 5.41) is 9.83. The van der Waals surface area contributed by atoms with E-state index in [1.165, 1.54) is 17.2 Å². The van der Waals surface area contributed by atoms with Crippen LogP contribution in [0.1, 0.15) is 28.9 Å². The van der Waals surface area contributed by atoms with E-state index in [2.05, 4.69) is 15.7 Å². The number of alkyl halides is 3. The Morgan fingerprint density at radius 2 is 1.85 bits per heavy atom. The average Bonchev–Trinajstić information content (AvgIpc) is 2.86. The maximum atomic E-state index is 12.8. The summed E-state index contributed by atoms with van der Waals surface area (Å²) in [7, 11) is 0. The Kier molecular flexibility index (Phi) is 6.88. The van der Waals surface area contributed by atoms with Crippen molar-refractivity contribution < 1.29 is 13.2 Å². The van der Waals surface area contributed by atoms with Crippen LogP contribution in [0.4, 0.5) is 13.2 Å². The van der Waals surface area contributed by atoms with E-state index in [-0.39, 0.29) is 5.02 Å². The number of rotatable bonds is 6. The van der Waals surface area contributed by atoms with Crippen molar-refractivity contribution in [2.75, 3.05) is 6.54 Å². The van der Waals surface area contributed by atoms with Crippen LogP contribution < -0.4 is 10.6 Å². The third kappa shape index (κ3) is 5.60. The van der Waals surface area contributed by atoms with E-state index in [4.69, 9.17) is 23.8 Å². The van der Waals surface area contributed by atoms with Gasteiger partial charge in [0.2, 0.25) is 0 Å². The number of halogens is 4. The number of hydrogen-bond donors (Lipinski definition) is 2. The molecule has 0 radical (unpaired) electrons. The minimum absolute atomic E-state index is 0.305. The number of aromatic nitrogens is 2. The highest BCUT2D eigenvalue weighted by Gasteiger charge is 2.38. The highest BCUT2D eigenvalue weighted by Crippen LogP contribution is 2.35. The van der Waals surface area contributed by atoms with Crippen molar-refractivity contribution in [1.29, 1.82) is 0 Å². The molecule has 1 aromatic heterocycles. The monoisotopic (exact) mass is 404 g/mol. The Morgan fingerprint density at radius 1 is 1.19 bits per heavy atom. The van der Waals surface area contributed by atoms with Crippen LogP contribution in [-0.2, 0) is 19.3 Å². The Labute approximate surface area is 160 Å². The predicted molar refractivity (Wildman–Crippen MR) is 100 cm³/mol. The van der Waals surface area contributed by atoms with Crippen molar-refractivity contribution in [2.24, 2.45) is 0 Å². The number of benzene rings is 1. The molecule has 2 rings (SSSR count). The number of nitrogens with one attached hydrogen (secondary N) is 2. The second-order valence-electron chi connectivity index (χ2n) is 5.92. The minimum atomic E-state index is -4.55. The molecule has 0 spiro atoms. The second kappa shape index (κ2) is 8.73. The van der Waals surface area contributed by atoms with Crippen LogP contribution in [0, 0.1) is 13.8 Å². The van der Waals surface area contributed by atoms with Gasteiger partial charge < -0.3 is 10.6 Å². The first kappa shape index (κ1) is 20.5. The van der Waals surface area contributed by atoms with Crippen molar-refractivity contribution >= 4 is 28.9 Å². The molecule has 0 aliphatic carbocycles. The standard InChI is InChI=1S/C17H20ClF3N4S/c1-11-4-6-13(7-5-11)10-23-16(26)22-8-3-9-25-12(2)14(18)15(24-25)17(19,20)21/h4-7H,3,8-10H2,1-2H3,(H2,22,23,26). The molecule has 0 aliphatic heterocycles. The third-order valence-corrected chi connectivity index (χ3v) is 4.55. The lowest BCUT2D eigenvalue weighted by molar-refractivity contribution is -0.141. The molecular formula is C17H20ClF3N4S. The molecule has 2 N–H and O–H groups in total. The topological polar surface area (TPSA) is 41.9 Å². The van der Waals surface area contributed by atoms with E-state index in [1.807, 2.05) is 31.2 Å². The van der Waals surface area contributed by atoms with Crippen LogP contribution >= 0.6 is 23.8 Å². The summed E-state index contributed by atoms with van der Waals surface area (Å²) in [5.74, 6) is 0. The summed E-state index contributed by atoms with van der Waals surface area (Å²) in [6.07, 6.45) is -3.99. The lowest BCUT2D eigenvalue weighted by Gasteiger charge is -2.11. The molecule has 4 nitrogen and oxygen atoms in total. The zero-order valence-corrected chi connectivity index (χ0v) is 16.0. The molecule has 0 aliphatic rings. The largest absolute Gasteiger partial charge is 0.436 e. The van der Waals surface area contributed by atoms with E-state index in [1.54, 1.807) is 0 Å². The summed E-state index contributed by atoms with van der Waals surface area (Å²) in [6.45, 7) is 4.98. The Bertz CT molecular complexity index is 757. The van der Waals surface area contributed by atoms with Crippen molar-refractivity contribution in [1.82, 2.24) is 20.4 Å². The van der Waals surface area contributed by atoms with E-state index < -0.39 is 11.9 Å². The fourth-order valence-corrected chi connectivity index (χ4v) is 2.72. The number of hydrogen-bond acceptors (Lipinski definition) is 2. The van der Waals surface area contributed by atoms with Crippen LogP contribution in [0.5, 0.6) is 0 Å². The van der Waals surface area contributed by atoms with Gasteiger partial charge in [0.05, 0.1) is 10.7 Å². The molecule has 0 unspecified atom stereocenters. The van der Waals surface area contributed by atoms with Gasteiger partial charge in [-0.2, -0.15) is 18.3 Å². The van der Waals surface area contributed by atoms with Crippen LogP contribution in [0.15, 0.2) is 24.3 Å². The smallest absolute Gasteiger partial charge is 0.363 e.